The van der Waals surface area contributed by atoms with E-state index in [9.17, 15) is 0 Å². The molecule has 0 aromatic rings. The van der Waals surface area contributed by atoms with Crippen molar-refractivity contribution in [1.82, 2.24) is 0 Å². The fourth-order valence-corrected chi connectivity index (χ4v) is 4.84. The van der Waals surface area contributed by atoms with Crippen molar-refractivity contribution in [2.24, 2.45) is 41.2 Å². The summed E-state index contributed by atoms with van der Waals surface area (Å²) in [4.78, 5) is 0. The van der Waals surface area contributed by atoms with Crippen LogP contribution in [0.2, 0.25) is 0 Å². The highest BCUT2D eigenvalue weighted by atomic mass is 14.7. The SMILES string of the molecule is CC1CC2C3CCC(C3)C2C1CN. The van der Waals surface area contributed by atoms with E-state index in [2.05, 4.69) is 6.92 Å². The van der Waals surface area contributed by atoms with Crippen molar-refractivity contribution in [2.45, 2.75) is 32.6 Å². The van der Waals surface area contributed by atoms with Gasteiger partial charge in [-0.25, -0.2) is 0 Å². The smallest absolute Gasteiger partial charge is 0.00435 e. The lowest BCUT2D eigenvalue weighted by Crippen LogP contribution is -2.28. The third-order valence-electron chi connectivity index (χ3n) is 5.30. The highest BCUT2D eigenvalue weighted by Crippen LogP contribution is 2.61. The summed E-state index contributed by atoms with van der Waals surface area (Å²) in [7, 11) is 0. The maximum atomic E-state index is 5.91. The highest BCUT2D eigenvalue weighted by Gasteiger charge is 2.54. The van der Waals surface area contributed by atoms with Gasteiger partial charge in [-0.3, -0.25) is 0 Å². The molecule has 0 heterocycles. The average Bonchev–Trinajstić information content (AvgIpc) is 2.72. The first-order chi connectivity index (χ1) is 6.31. The molecule has 0 aromatic heterocycles. The van der Waals surface area contributed by atoms with E-state index >= 15 is 0 Å². The van der Waals surface area contributed by atoms with Gasteiger partial charge in [0.15, 0.2) is 0 Å². The van der Waals surface area contributed by atoms with Crippen LogP contribution in [0.5, 0.6) is 0 Å². The first-order valence-electron chi connectivity index (χ1n) is 6.01. The van der Waals surface area contributed by atoms with Crippen LogP contribution in [0.1, 0.15) is 32.6 Å². The van der Waals surface area contributed by atoms with E-state index in [1.54, 1.807) is 6.42 Å². The minimum Gasteiger partial charge on any atom is -0.330 e. The molecule has 3 fully saturated rings. The van der Waals surface area contributed by atoms with Gasteiger partial charge in [0, 0.05) is 0 Å². The second kappa shape index (κ2) is 2.73. The van der Waals surface area contributed by atoms with Gasteiger partial charge in [0.2, 0.25) is 0 Å². The molecule has 3 rings (SSSR count). The van der Waals surface area contributed by atoms with Crippen molar-refractivity contribution in [3.8, 4) is 0 Å². The zero-order valence-electron chi connectivity index (χ0n) is 8.58. The van der Waals surface area contributed by atoms with Crippen molar-refractivity contribution < 1.29 is 0 Å². The number of nitrogens with two attached hydrogens (primary N) is 1. The minimum absolute atomic E-state index is 0.875. The maximum absolute atomic E-state index is 5.91. The lowest BCUT2D eigenvalue weighted by Gasteiger charge is -2.28. The van der Waals surface area contributed by atoms with E-state index in [4.69, 9.17) is 5.73 Å². The van der Waals surface area contributed by atoms with Crippen LogP contribution in [0.3, 0.4) is 0 Å². The van der Waals surface area contributed by atoms with Crippen LogP contribution in [0.4, 0.5) is 0 Å². The molecule has 3 aliphatic carbocycles. The summed E-state index contributed by atoms with van der Waals surface area (Å²) in [6.45, 7) is 3.38. The van der Waals surface area contributed by atoms with E-state index in [1.165, 1.54) is 19.3 Å². The van der Waals surface area contributed by atoms with Gasteiger partial charge in [0.1, 0.15) is 0 Å². The van der Waals surface area contributed by atoms with Gasteiger partial charge < -0.3 is 5.73 Å². The lowest BCUT2D eigenvalue weighted by molar-refractivity contribution is 0.207. The third kappa shape index (κ3) is 0.971. The molecular weight excluding hydrogens is 158 g/mol. The summed E-state index contributed by atoms with van der Waals surface area (Å²) in [6, 6.07) is 0. The quantitative estimate of drug-likeness (QED) is 0.656. The predicted octanol–water partition coefficient (Wildman–Crippen LogP) is 2.26. The monoisotopic (exact) mass is 179 g/mol. The third-order valence-corrected chi connectivity index (χ3v) is 5.30. The van der Waals surface area contributed by atoms with Crippen molar-refractivity contribution in [3.63, 3.8) is 0 Å². The maximum Gasteiger partial charge on any atom is -0.00435 e. The Kier molecular flexibility index (Phi) is 1.74. The summed E-state index contributed by atoms with van der Waals surface area (Å²) in [6.07, 6.45) is 6.11. The second-order valence-corrected chi connectivity index (χ2v) is 5.69. The van der Waals surface area contributed by atoms with E-state index < -0.39 is 0 Å². The lowest BCUT2D eigenvalue weighted by atomic mass is 9.77. The number of hydrogen-bond donors (Lipinski definition) is 1. The Balaban J connectivity index is 1.87. The molecule has 0 aliphatic heterocycles. The van der Waals surface area contributed by atoms with Crippen LogP contribution in [-0.4, -0.2) is 6.54 Å². The van der Waals surface area contributed by atoms with E-state index in [-0.39, 0.29) is 0 Å². The molecule has 1 nitrogen and oxygen atoms in total. The Hall–Kier alpha value is -0.0400. The molecule has 0 amide bonds. The zero-order valence-corrected chi connectivity index (χ0v) is 8.58. The normalized spacial score (nSPS) is 58.6. The second-order valence-electron chi connectivity index (χ2n) is 5.69. The molecule has 0 radical (unpaired) electrons. The fraction of sp³-hybridized carbons (Fsp3) is 1.00. The molecule has 6 atom stereocenters. The van der Waals surface area contributed by atoms with Crippen molar-refractivity contribution in [3.05, 3.63) is 0 Å². The summed E-state index contributed by atoms with van der Waals surface area (Å²) in [5, 5.41) is 0. The Morgan fingerprint density at radius 2 is 1.92 bits per heavy atom. The summed E-state index contributed by atoms with van der Waals surface area (Å²) >= 11 is 0. The molecule has 0 saturated heterocycles. The largest absolute Gasteiger partial charge is 0.330 e. The van der Waals surface area contributed by atoms with E-state index in [0.29, 0.717) is 0 Å². The van der Waals surface area contributed by atoms with Crippen LogP contribution < -0.4 is 5.73 Å². The first-order valence-corrected chi connectivity index (χ1v) is 6.01. The molecule has 3 aliphatic rings. The summed E-state index contributed by atoms with van der Waals surface area (Å²) in [5.41, 5.74) is 5.91. The number of hydrogen-bond acceptors (Lipinski definition) is 1. The van der Waals surface area contributed by atoms with E-state index in [1.807, 2.05) is 0 Å². The molecule has 3 saturated carbocycles. The Labute approximate surface area is 81.1 Å². The van der Waals surface area contributed by atoms with Crippen molar-refractivity contribution >= 4 is 0 Å². The van der Waals surface area contributed by atoms with Gasteiger partial charge in [-0.15, -0.1) is 0 Å². The van der Waals surface area contributed by atoms with Crippen LogP contribution in [0.15, 0.2) is 0 Å². The first kappa shape index (κ1) is 8.28. The Morgan fingerprint density at radius 1 is 1.15 bits per heavy atom. The molecule has 2 N–H and O–H groups in total. The van der Waals surface area contributed by atoms with Crippen LogP contribution in [0.25, 0.3) is 0 Å². The number of rotatable bonds is 1. The van der Waals surface area contributed by atoms with Gasteiger partial charge in [0.05, 0.1) is 0 Å². The van der Waals surface area contributed by atoms with Crippen LogP contribution >= 0.6 is 0 Å². The van der Waals surface area contributed by atoms with Crippen molar-refractivity contribution in [2.75, 3.05) is 6.54 Å². The van der Waals surface area contributed by atoms with Gasteiger partial charge in [-0.2, -0.15) is 0 Å². The summed E-state index contributed by atoms with van der Waals surface area (Å²) < 4.78 is 0. The van der Waals surface area contributed by atoms with Gasteiger partial charge in [-0.05, 0) is 67.7 Å². The Morgan fingerprint density at radius 3 is 2.69 bits per heavy atom. The van der Waals surface area contributed by atoms with Crippen molar-refractivity contribution in [1.29, 1.82) is 0 Å². The van der Waals surface area contributed by atoms with Gasteiger partial charge in [-0.1, -0.05) is 6.92 Å². The molecule has 0 spiro atoms. The van der Waals surface area contributed by atoms with Gasteiger partial charge in [0.25, 0.3) is 0 Å². The zero-order chi connectivity index (χ0) is 9.00. The highest BCUT2D eigenvalue weighted by molar-refractivity contribution is 5.04. The minimum atomic E-state index is 0.875. The molecule has 2 bridgehead atoms. The summed E-state index contributed by atoms with van der Waals surface area (Å²) in [5.74, 6) is 6.10. The molecule has 6 unspecified atom stereocenters. The number of fused-ring (bicyclic) bond motifs is 5. The van der Waals surface area contributed by atoms with Crippen LogP contribution in [0, 0.1) is 35.5 Å². The van der Waals surface area contributed by atoms with Crippen LogP contribution in [-0.2, 0) is 0 Å². The molecular formula is C12H21N. The van der Waals surface area contributed by atoms with Gasteiger partial charge >= 0.3 is 0 Å². The standard InChI is InChI=1S/C12H21N/c1-7-4-10-8-2-3-9(5-8)12(10)11(7)6-13/h7-12H,2-6,13H2,1H3. The fourth-order valence-electron chi connectivity index (χ4n) is 4.84. The average molecular weight is 179 g/mol. The molecule has 1 heteroatoms. The molecule has 0 aromatic carbocycles. The predicted molar refractivity (Wildman–Crippen MR) is 54.1 cm³/mol. The Bertz CT molecular complexity index is 211. The molecule has 13 heavy (non-hydrogen) atoms. The molecule has 74 valence electrons. The van der Waals surface area contributed by atoms with E-state index in [0.717, 1.165) is 42.1 Å². The topological polar surface area (TPSA) is 26.0 Å².